The largest absolute Gasteiger partial charge is 0.459 e. The highest BCUT2D eigenvalue weighted by atomic mass is 32.2. The summed E-state index contributed by atoms with van der Waals surface area (Å²) in [7, 11) is -3.22. The van der Waals surface area contributed by atoms with Crippen molar-refractivity contribution >= 4 is 33.0 Å². The Morgan fingerprint density at radius 3 is 2.41 bits per heavy atom. The molecule has 1 fully saturated rings. The van der Waals surface area contributed by atoms with Gasteiger partial charge in [0.25, 0.3) is 5.91 Å². The smallest absolute Gasteiger partial charge is 0.291 e. The van der Waals surface area contributed by atoms with E-state index < -0.39 is 15.7 Å². The van der Waals surface area contributed by atoms with E-state index in [1.165, 1.54) is 6.26 Å². The maximum atomic E-state index is 12.2. The standard InChI is InChI=1S/C19H22N2O5S/c22-18(10-12-27(24,25)16-7-1-2-8-16)20-14-5-3-6-15(13-14)21-19(23)17-9-4-11-26-17/h3-6,9,11,13,16H,1-2,7-8,10,12H2,(H,20,22)(H,21,23). The summed E-state index contributed by atoms with van der Waals surface area (Å²) < 4.78 is 29.5. The molecule has 1 saturated carbocycles. The molecule has 3 rings (SSSR count). The number of carbonyl (C=O) groups is 2. The van der Waals surface area contributed by atoms with Gasteiger partial charge in [-0.2, -0.15) is 0 Å². The summed E-state index contributed by atoms with van der Waals surface area (Å²) in [6.45, 7) is 0. The molecular weight excluding hydrogens is 368 g/mol. The maximum absolute atomic E-state index is 12.2. The van der Waals surface area contributed by atoms with Gasteiger partial charge in [0.1, 0.15) is 0 Å². The van der Waals surface area contributed by atoms with Gasteiger partial charge in [-0.25, -0.2) is 8.42 Å². The minimum atomic E-state index is -3.22. The lowest BCUT2D eigenvalue weighted by Gasteiger charge is -2.11. The molecular formula is C19H22N2O5S. The van der Waals surface area contributed by atoms with Crippen LogP contribution in [0.25, 0.3) is 0 Å². The molecule has 2 amide bonds. The minimum absolute atomic E-state index is 0.0815. The molecule has 0 unspecified atom stereocenters. The van der Waals surface area contributed by atoms with Crippen molar-refractivity contribution in [2.24, 2.45) is 0 Å². The average molecular weight is 390 g/mol. The van der Waals surface area contributed by atoms with E-state index in [0.717, 1.165) is 12.8 Å². The molecule has 1 aromatic carbocycles. The van der Waals surface area contributed by atoms with Gasteiger partial charge in [-0.05, 0) is 43.2 Å². The second-order valence-corrected chi connectivity index (χ2v) is 8.98. The molecule has 27 heavy (non-hydrogen) atoms. The zero-order valence-corrected chi connectivity index (χ0v) is 15.6. The monoisotopic (exact) mass is 390 g/mol. The Morgan fingerprint density at radius 2 is 1.74 bits per heavy atom. The first kappa shape index (κ1) is 19.2. The van der Waals surface area contributed by atoms with E-state index in [9.17, 15) is 18.0 Å². The topological polar surface area (TPSA) is 105 Å². The van der Waals surface area contributed by atoms with Crippen LogP contribution in [0.4, 0.5) is 11.4 Å². The fourth-order valence-electron chi connectivity index (χ4n) is 3.15. The van der Waals surface area contributed by atoms with Crippen LogP contribution in [0, 0.1) is 0 Å². The molecule has 0 atom stereocenters. The summed E-state index contributed by atoms with van der Waals surface area (Å²) in [4.78, 5) is 24.1. The lowest BCUT2D eigenvalue weighted by Crippen LogP contribution is -2.24. The Morgan fingerprint density at radius 1 is 1.04 bits per heavy atom. The Labute approximate surface area is 158 Å². The highest BCUT2D eigenvalue weighted by Gasteiger charge is 2.28. The van der Waals surface area contributed by atoms with Crippen LogP contribution in [0.3, 0.4) is 0 Å². The van der Waals surface area contributed by atoms with Crippen molar-refractivity contribution in [1.29, 1.82) is 0 Å². The zero-order chi connectivity index (χ0) is 19.3. The predicted octanol–water partition coefficient (Wildman–Crippen LogP) is 3.22. The number of rotatable bonds is 7. The summed E-state index contributed by atoms with van der Waals surface area (Å²) >= 11 is 0. The predicted molar refractivity (Wildman–Crippen MR) is 102 cm³/mol. The van der Waals surface area contributed by atoms with Crippen LogP contribution >= 0.6 is 0 Å². The van der Waals surface area contributed by atoms with Gasteiger partial charge in [-0.15, -0.1) is 0 Å². The van der Waals surface area contributed by atoms with E-state index in [1.54, 1.807) is 36.4 Å². The number of nitrogens with one attached hydrogen (secondary N) is 2. The van der Waals surface area contributed by atoms with E-state index in [2.05, 4.69) is 10.6 Å². The SMILES string of the molecule is O=C(CCS(=O)(=O)C1CCCC1)Nc1cccc(NC(=O)c2ccco2)c1. The van der Waals surface area contributed by atoms with E-state index in [0.29, 0.717) is 24.2 Å². The quantitative estimate of drug-likeness (QED) is 0.755. The number of carbonyl (C=O) groups excluding carboxylic acids is 2. The highest BCUT2D eigenvalue weighted by Crippen LogP contribution is 2.25. The molecule has 1 heterocycles. The van der Waals surface area contributed by atoms with Crippen LogP contribution in [-0.2, 0) is 14.6 Å². The van der Waals surface area contributed by atoms with Crippen molar-refractivity contribution in [3.8, 4) is 0 Å². The number of sulfone groups is 1. The van der Waals surface area contributed by atoms with E-state index in [-0.39, 0.29) is 29.1 Å². The van der Waals surface area contributed by atoms with Gasteiger partial charge < -0.3 is 15.1 Å². The molecule has 0 aliphatic heterocycles. The Kier molecular flexibility index (Phi) is 5.95. The molecule has 8 heteroatoms. The first-order valence-electron chi connectivity index (χ1n) is 8.90. The molecule has 0 bridgehead atoms. The lowest BCUT2D eigenvalue weighted by atomic mass is 10.2. The Balaban J connectivity index is 1.54. The van der Waals surface area contributed by atoms with Crippen molar-refractivity contribution in [1.82, 2.24) is 0 Å². The van der Waals surface area contributed by atoms with Gasteiger partial charge in [0.05, 0.1) is 17.3 Å². The molecule has 144 valence electrons. The minimum Gasteiger partial charge on any atom is -0.459 e. The number of benzene rings is 1. The van der Waals surface area contributed by atoms with Crippen LogP contribution in [-0.4, -0.2) is 31.2 Å². The van der Waals surface area contributed by atoms with E-state index >= 15 is 0 Å². The van der Waals surface area contributed by atoms with Crippen LogP contribution in [0.5, 0.6) is 0 Å². The third-order valence-corrected chi connectivity index (χ3v) is 6.83. The van der Waals surface area contributed by atoms with Crippen LogP contribution in [0.15, 0.2) is 47.1 Å². The van der Waals surface area contributed by atoms with Crippen LogP contribution < -0.4 is 10.6 Å². The number of anilines is 2. The van der Waals surface area contributed by atoms with Crippen LogP contribution in [0.1, 0.15) is 42.7 Å². The number of hydrogen-bond acceptors (Lipinski definition) is 5. The molecule has 1 aromatic heterocycles. The molecule has 2 N–H and O–H groups in total. The number of amides is 2. The summed E-state index contributed by atoms with van der Waals surface area (Å²) in [5.74, 6) is -0.725. The van der Waals surface area contributed by atoms with Gasteiger partial charge in [0.2, 0.25) is 5.91 Å². The summed E-state index contributed by atoms with van der Waals surface area (Å²) in [6, 6.07) is 9.80. The fourth-order valence-corrected chi connectivity index (χ4v) is 5.00. The molecule has 2 aromatic rings. The molecule has 0 saturated heterocycles. The molecule has 0 radical (unpaired) electrons. The fraction of sp³-hybridized carbons (Fsp3) is 0.368. The number of hydrogen-bond donors (Lipinski definition) is 2. The lowest BCUT2D eigenvalue weighted by molar-refractivity contribution is -0.115. The van der Waals surface area contributed by atoms with Gasteiger partial charge >= 0.3 is 0 Å². The third kappa shape index (κ3) is 5.19. The summed E-state index contributed by atoms with van der Waals surface area (Å²) in [6.07, 6.45) is 4.59. The summed E-state index contributed by atoms with van der Waals surface area (Å²) in [5.41, 5.74) is 0.975. The molecule has 0 spiro atoms. The molecule has 1 aliphatic carbocycles. The van der Waals surface area contributed by atoms with Crippen molar-refractivity contribution in [2.75, 3.05) is 16.4 Å². The van der Waals surface area contributed by atoms with Gasteiger partial charge in [0.15, 0.2) is 15.6 Å². The van der Waals surface area contributed by atoms with Crippen molar-refractivity contribution < 1.29 is 22.4 Å². The number of furan rings is 1. The third-order valence-electron chi connectivity index (χ3n) is 4.57. The van der Waals surface area contributed by atoms with Crippen LogP contribution in [0.2, 0.25) is 0 Å². The zero-order valence-electron chi connectivity index (χ0n) is 14.8. The van der Waals surface area contributed by atoms with E-state index in [1.807, 2.05) is 0 Å². The van der Waals surface area contributed by atoms with Gasteiger partial charge in [-0.1, -0.05) is 18.9 Å². The second-order valence-electron chi connectivity index (χ2n) is 6.58. The van der Waals surface area contributed by atoms with Crippen molar-refractivity contribution in [3.05, 3.63) is 48.4 Å². The highest BCUT2D eigenvalue weighted by molar-refractivity contribution is 7.92. The molecule has 1 aliphatic rings. The molecule has 7 nitrogen and oxygen atoms in total. The van der Waals surface area contributed by atoms with Crippen molar-refractivity contribution in [2.45, 2.75) is 37.4 Å². The summed E-state index contributed by atoms with van der Waals surface area (Å²) in [5, 5.41) is 5.05. The average Bonchev–Trinajstić information content (AvgIpc) is 3.34. The Bertz CT molecular complexity index is 900. The first-order chi connectivity index (χ1) is 12.9. The normalized spacial score (nSPS) is 14.8. The first-order valence-corrected chi connectivity index (χ1v) is 10.6. The second kappa shape index (κ2) is 8.39. The van der Waals surface area contributed by atoms with Gasteiger partial charge in [-0.3, -0.25) is 9.59 Å². The van der Waals surface area contributed by atoms with E-state index in [4.69, 9.17) is 4.42 Å². The van der Waals surface area contributed by atoms with Gasteiger partial charge in [0, 0.05) is 17.8 Å². The Hall–Kier alpha value is -2.61. The van der Waals surface area contributed by atoms with Crippen molar-refractivity contribution in [3.63, 3.8) is 0 Å². The maximum Gasteiger partial charge on any atom is 0.291 e.